The van der Waals surface area contributed by atoms with Gasteiger partial charge in [0, 0.05) is 6.07 Å². The molecular weight excluding hydrogens is 246 g/mol. The van der Waals surface area contributed by atoms with E-state index in [1.165, 1.54) is 13.2 Å². The number of methoxy groups -OCH3 is 1. The Balaban J connectivity index is 2.16. The molecule has 5 nitrogen and oxygen atoms in total. The minimum Gasteiger partial charge on any atom is -0.479 e. The maximum absolute atomic E-state index is 13.3. The normalized spacial score (nSPS) is 10.2. The molecule has 0 spiro atoms. The highest BCUT2D eigenvalue weighted by Crippen LogP contribution is 2.17. The van der Waals surface area contributed by atoms with Crippen LogP contribution in [0.5, 0.6) is 5.88 Å². The molecule has 1 aromatic heterocycles. The molecule has 2 aromatic rings. The van der Waals surface area contributed by atoms with Crippen LogP contribution in [0.25, 0.3) is 0 Å². The van der Waals surface area contributed by atoms with Crippen LogP contribution in [0.3, 0.4) is 0 Å². The summed E-state index contributed by atoms with van der Waals surface area (Å²) in [4.78, 5) is 11.6. The first-order valence-electron chi connectivity index (χ1n) is 4.87. The highest BCUT2D eigenvalue weighted by molar-refractivity contribution is 6.02. The van der Waals surface area contributed by atoms with Crippen molar-refractivity contribution in [2.45, 2.75) is 0 Å². The average Bonchev–Trinajstić information content (AvgIpc) is 2.81. The third-order valence-electron chi connectivity index (χ3n) is 2.10. The monoisotopic (exact) mass is 254 g/mol. The van der Waals surface area contributed by atoms with E-state index in [9.17, 15) is 13.6 Å². The van der Waals surface area contributed by atoms with Gasteiger partial charge in [-0.2, -0.15) is 0 Å². The average molecular weight is 254 g/mol. The molecule has 1 aromatic carbocycles. The van der Waals surface area contributed by atoms with Gasteiger partial charge in [-0.3, -0.25) is 4.79 Å². The summed E-state index contributed by atoms with van der Waals surface area (Å²) in [5.41, 5.74) is -0.156. The SMILES string of the molecule is COc1cc(C(=O)Nc2ccc(F)cc2F)on1. The summed E-state index contributed by atoms with van der Waals surface area (Å²) in [6.45, 7) is 0. The second-order valence-corrected chi connectivity index (χ2v) is 3.31. The molecule has 0 saturated carbocycles. The second-order valence-electron chi connectivity index (χ2n) is 3.31. The van der Waals surface area contributed by atoms with Crippen molar-refractivity contribution in [3.8, 4) is 5.88 Å². The van der Waals surface area contributed by atoms with E-state index in [4.69, 9.17) is 4.74 Å². The van der Waals surface area contributed by atoms with E-state index in [0.717, 1.165) is 12.1 Å². The number of halogens is 2. The third kappa shape index (κ3) is 2.45. The summed E-state index contributed by atoms with van der Waals surface area (Å²) < 4.78 is 35.3. The van der Waals surface area contributed by atoms with Gasteiger partial charge in [-0.25, -0.2) is 8.78 Å². The lowest BCUT2D eigenvalue weighted by molar-refractivity contribution is 0.0987. The molecule has 94 valence electrons. The van der Waals surface area contributed by atoms with Gasteiger partial charge in [0.25, 0.3) is 11.8 Å². The van der Waals surface area contributed by atoms with Crippen LogP contribution in [0, 0.1) is 11.6 Å². The van der Waals surface area contributed by atoms with E-state index in [2.05, 4.69) is 15.0 Å². The number of amides is 1. The Morgan fingerprint density at radius 1 is 1.39 bits per heavy atom. The lowest BCUT2D eigenvalue weighted by atomic mass is 10.3. The van der Waals surface area contributed by atoms with Gasteiger partial charge in [-0.05, 0) is 17.3 Å². The molecule has 2 rings (SSSR count). The zero-order chi connectivity index (χ0) is 13.1. The van der Waals surface area contributed by atoms with Crippen LogP contribution in [-0.4, -0.2) is 18.2 Å². The lowest BCUT2D eigenvalue weighted by Gasteiger charge is -2.03. The van der Waals surface area contributed by atoms with E-state index in [0.29, 0.717) is 6.07 Å². The summed E-state index contributed by atoms with van der Waals surface area (Å²) in [5, 5.41) is 5.64. The predicted molar refractivity (Wildman–Crippen MR) is 57.4 cm³/mol. The van der Waals surface area contributed by atoms with Gasteiger partial charge in [0.15, 0.2) is 0 Å². The first-order valence-corrected chi connectivity index (χ1v) is 4.87. The Morgan fingerprint density at radius 2 is 2.17 bits per heavy atom. The molecule has 1 N–H and O–H groups in total. The molecular formula is C11H8F2N2O3. The largest absolute Gasteiger partial charge is 0.479 e. The second kappa shape index (κ2) is 4.82. The molecule has 0 aliphatic carbocycles. The summed E-state index contributed by atoms with van der Waals surface area (Å²) in [6, 6.07) is 4.04. The number of hydrogen-bond acceptors (Lipinski definition) is 4. The van der Waals surface area contributed by atoms with Gasteiger partial charge in [-0.1, -0.05) is 0 Å². The van der Waals surface area contributed by atoms with Crippen LogP contribution in [0.4, 0.5) is 14.5 Å². The maximum atomic E-state index is 13.3. The van der Waals surface area contributed by atoms with Crippen molar-refractivity contribution < 1.29 is 22.8 Å². The molecule has 0 unspecified atom stereocenters. The number of benzene rings is 1. The third-order valence-corrected chi connectivity index (χ3v) is 2.10. The van der Waals surface area contributed by atoms with Crippen molar-refractivity contribution in [1.29, 1.82) is 0 Å². The smallest absolute Gasteiger partial charge is 0.294 e. The van der Waals surface area contributed by atoms with Crippen LogP contribution < -0.4 is 10.1 Å². The van der Waals surface area contributed by atoms with Crippen molar-refractivity contribution in [3.63, 3.8) is 0 Å². The minimum atomic E-state index is -0.880. The fraction of sp³-hybridized carbons (Fsp3) is 0.0909. The number of aromatic nitrogens is 1. The molecule has 0 aliphatic heterocycles. The number of hydrogen-bond donors (Lipinski definition) is 1. The Hall–Kier alpha value is -2.44. The molecule has 0 saturated heterocycles. The van der Waals surface area contributed by atoms with Gasteiger partial charge < -0.3 is 14.6 Å². The number of carbonyl (C=O) groups is 1. The van der Waals surface area contributed by atoms with Crippen molar-refractivity contribution >= 4 is 11.6 Å². The van der Waals surface area contributed by atoms with E-state index in [-0.39, 0.29) is 17.3 Å². The lowest BCUT2D eigenvalue weighted by Crippen LogP contribution is -2.12. The summed E-state index contributed by atoms with van der Waals surface area (Å²) in [7, 11) is 1.36. The topological polar surface area (TPSA) is 64.4 Å². The van der Waals surface area contributed by atoms with Crippen LogP contribution in [-0.2, 0) is 0 Å². The van der Waals surface area contributed by atoms with Crippen molar-refractivity contribution in [2.75, 3.05) is 12.4 Å². The molecule has 0 fully saturated rings. The number of carbonyl (C=O) groups excluding carboxylic acids is 1. The zero-order valence-electron chi connectivity index (χ0n) is 9.24. The number of anilines is 1. The highest BCUT2D eigenvalue weighted by Gasteiger charge is 2.15. The number of ether oxygens (including phenoxy) is 1. The van der Waals surface area contributed by atoms with E-state index in [1.54, 1.807) is 0 Å². The standard InChI is InChI=1S/C11H8F2N2O3/c1-17-10-5-9(18-15-10)11(16)14-8-3-2-6(12)4-7(8)13/h2-5H,1H3,(H,14,16). The van der Waals surface area contributed by atoms with Gasteiger partial charge >= 0.3 is 0 Å². The van der Waals surface area contributed by atoms with E-state index >= 15 is 0 Å². The Bertz CT molecular complexity index is 583. The van der Waals surface area contributed by atoms with Crippen LogP contribution in [0.15, 0.2) is 28.8 Å². The summed E-state index contributed by atoms with van der Waals surface area (Å²) in [5.74, 6) is -2.34. The highest BCUT2D eigenvalue weighted by atomic mass is 19.1. The molecule has 0 aliphatic rings. The number of nitrogens with one attached hydrogen (secondary N) is 1. The molecule has 7 heteroatoms. The molecule has 1 amide bonds. The van der Waals surface area contributed by atoms with Crippen molar-refractivity contribution in [3.05, 3.63) is 41.7 Å². The minimum absolute atomic E-state index is 0.125. The molecule has 1 heterocycles. The Morgan fingerprint density at radius 3 is 2.78 bits per heavy atom. The fourth-order valence-corrected chi connectivity index (χ4v) is 1.24. The molecule has 0 atom stereocenters. The van der Waals surface area contributed by atoms with Gasteiger partial charge in [0.05, 0.1) is 18.9 Å². The van der Waals surface area contributed by atoms with Crippen molar-refractivity contribution in [1.82, 2.24) is 5.16 Å². The van der Waals surface area contributed by atoms with Gasteiger partial charge in [0.1, 0.15) is 11.6 Å². The molecule has 0 bridgehead atoms. The quantitative estimate of drug-likeness (QED) is 0.912. The first-order chi connectivity index (χ1) is 8.60. The fourth-order valence-electron chi connectivity index (χ4n) is 1.24. The Labute approximate surface area is 100 Å². The maximum Gasteiger partial charge on any atom is 0.294 e. The van der Waals surface area contributed by atoms with E-state index < -0.39 is 17.5 Å². The van der Waals surface area contributed by atoms with Crippen LogP contribution in [0.1, 0.15) is 10.6 Å². The Kier molecular flexibility index (Phi) is 3.22. The number of rotatable bonds is 3. The van der Waals surface area contributed by atoms with Crippen molar-refractivity contribution in [2.24, 2.45) is 0 Å². The van der Waals surface area contributed by atoms with Gasteiger partial charge in [0.2, 0.25) is 5.76 Å². The van der Waals surface area contributed by atoms with E-state index in [1.807, 2.05) is 0 Å². The molecule has 18 heavy (non-hydrogen) atoms. The molecule has 0 radical (unpaired) electrons. The summed E-state index contributed by atoms with van der Waals surface area (Å²) >= 11 is 0. The zero-order valence-corrected chi connectivity index (χ0v) is 9.24. The van der Waals surface area contributed by atoms with Crippen LogP contribution >= 0.6 is 0 Å². The predicted octanol–water partition coefficient (Wildman–Crippen LogP) is 2.21. The number of nitrogens with zero attached hydrogens (tertiary/aromatic N) is 1. The first kappa shape index (κ1) is 12.0. The summed E-state index contributed by atoms with van der Waals surface area (Å²) in [6.07, 6.45) is 0. The van der Waals surface area contributed by atoms with Crippen LogP contribution in [0.2, 0.25) is 0 Å². The van der Waals surface area contributed by atoms with Gasteiger partial charge in [-0.15, -0.1) is 0 Å².